The molecule has 208 valence electrons. The van der Waals surface area contributed by atoms with E-state index in [0.717, 1.165) is 54.9 Å². The van der Waals surface area contributed by atoms with Crippen molar-refractivity contribution in [1.82, 2.24) is 15.1 Å². The minimum absolute atomic E-state index is 0.0676. The summed E-state index contributed by atoms with van der Waals surface area (Å²) in [5.74, 6) is -0.305. The Bertz CT molecular complexity index is 1560. The van der Waals surface area contributed by atoms with Crippen LogP contribution in [0.15, 0.2) is 66.7 Å². The molecule has 0 aromatic heterocycles. The van der Waals surface area contributed by atoms with E-state index in [9.17, 15) is 19.2 Å². The Balaban J connectivity index is 0.999. The highest BCUT2D eigenvalue weighted by atomic mass is 16.2. The Hall–Kier alpha value is -4.30. The molecule has 3 aromatic rings. The van der Waals surface area contributed by atoms with Crippen molar-refractivity contribution in [3.05, 3.63) is 100 Å². The van der Waals surface area contributed by atoms with Gasteiger partial charge in [0.15, 0.2) is 0 Å². The van der Waals surface area contributed by atoms with Gasteiger partial charge in [-0.05, 0) is 84.8 Å². The molecular formula is C33H32N4O4. The topological polar surface area (TPSA) is 90.0 Å². The van der Waals surface area contributed by atoms with Crippen LogP contribution in [0.4, 0.5) is 5.69 Å². The summed E-state index contributed by atoms with van der Waals surface area (Å²) in [7, 11) is 0. The van der Waals surface area contributed by atoms with Crippen LogP contribution in [0, 0.1) is 0 Å². The normalized spacial score (nSPS) is 21.3. The number of carbonyl (C=O) groups is 4. The Kier molecular flexibility index (Phi) is 6.43. The SMILES string of the molecule is O=C1CCC(N2Cc3cc(C4CCN(Cc5cccc6c5CN(c5ccccc5)C6=O)CC4)ccc3C2=O)C(=O)N1. The van der Waals surface area contributed by atoms with Gasteiger partial charge < -0.3 is 9.80 Å². The average molecular weight is 549 g/mol. The molecule has 2 saturated heterocycles. The number of imide groups is 1. The molecule has 0 spiro atoms. The summed E-state index contributed by atoms with van der Waals surface area (Å²) in [5.41, 5.74) is 6.95. The van der Waals surface area contributed by atoms with E-state index in [4.69, 9.17) is 0 Å². The van der Waals surface area contributed by atoms with Crippen LogP contribution in [0.2, 0.25) is 0 Å². The van der Waals surface area contributed by atoms with Crippen molar-refractivity contribution in [2.75, 3.05) is 18.0 Å². The number of para-hydroxylation sites is 1. The third kappa shape index (κ3) is 4.62. The third-order valence-electron chi connectivity index (χ3n) is 9.13. The molecular weight excluding hydrogens is 516 g/mol. The molecule has 0 aliphatic carbocycles. The van der Waals surface area contributed by atoms with Crippen molar-refractivity contribution in [3.63, 3.8) is 0 Å². The number of carbonyl (C=O) groups excluding carboxylic acids is 4. The maximum atomic E-state index is 13.1. The van der Waals surface area contributed by atoms with Gasteiger partial charge in [0.05, 0.1) is 6.54 Å². The number of nitrogens with one attached hydrogen (secondary N) is 1. The second-order valence-corrected chi connectivity index (χ2v) is 11.5. The van der Waals surface area contributed by atoms with Gasteiger partial charge in [0.2, 0.25) is 11.8 Å². The fraction of sp³-hybridized carbons (Fsp3) is 0.333. The Morgan fingerprint density at radius 1 is 0.780 bits per heavy atom. The van der Waals surface area contributed by atoms with E-state index in [1.54, 1.807) is 4.90 Å². The molecule has 3 aromatic carbocycles. The first-order chi connectivity index (χ1) is 20.0. The van der Waals surface area contributed by atoms with E-state index in [1.807, 2.05) is 53.4 Å². The summed E-state index contributed by atoms with van der Waals surface area (Å²) in [5, 5.41) is 2.37. The van der Waals surface area contributed by atoms with Gasteiger partial charge in [-0.1, -0.05) is 42.5 Å². The van der Waals surface area contributed by atoms with Crippen molar-refractivity contribution in [2.24, 2.45) is 0 Å². The molecule has 41 heavy (non-hydrogen) atoms. The van der Waals surface area contributed by atoms with E-state index in [2.05, 4.69) is 28.4 Å². The molecule has 4 aliphatic rings. The first-order valence-electron chi connectivity index (χ1n) is 14.4. The van der Waals surface area contributed by atoms with Gasteiger partial charge in [0, 0.05) is 36.3 Å². The third-order valence-corrected chi connectivity index (χ3v) is 9.13. The van der Waals surface area contributed by atoms with Gasteiger partial charge in [-0.25, -0.2) is 0 Å². The molecule has 7 rings (SSSR count). The highest BCUT2D eigenvalue weighted by Gasteiger charge is 2.39. The number of anilines is 1. The number of hydrogen-bond donors (Lipinski definition) is 1. The molecule has 0 saturated carbocycles. The van der Waals surface area contributed by atoms with Gasteiger partial charge in [-0.2, -0.15) is 0 Å². The second-order valence-electron chi connectivity index (χ2n) is 11.5. The Labute approximate surface area is 238 Å². The molecule has 0 radical (unpaired) electrons. The number of nitrogens with zero attached hydrogens (tertiary/aromatic N) is 3. The Morgan fingerprint density at radius 2 is 1.59 bits per heavy atom. The number of benzene rings is 3. The second kappa shape index (κ2) is 10.3. The fourth-order valence-electron chi connectivity index (χ4n) is 6.88. The Morgan fingerprint density at radius 3 is 2.37 bits per heavy atom. The highest BCUT2D eigenvalue weighted by molar-refractivity contribution is 6.10. The predicted octanol–water partition coefficient (Wildman–Crippen LogP) is 3.99. The van der Waals surface area contributed by atoms with Crippen LogP contribution in [-0.2, 0) is 29.2 Å². The van der Waals surface area contributed by atoms with Crippen LogP contribution in [0.25, 0.3) is 0 Å². The lowest BCUT2D eigenvalue weighted by molar-refractivity contribution is -0.136. The first kappa shape index (κ1) is 25.7. The number of fused-ring (bicyclic) bond motifs is 2. The molecule has 8 heteroatoms. The predicted molar refractivity (Wildman–Crippen MR) is 153 cm³/mol. The van der Waals surface area contributed by atoms with Crippen molar-refractivity contribution in [1.29, 1.82) is 0 Å². The van der Waals surface area contributed by atoms with E-state index >= 15 is 0 Å². The average Bonchev–Trinajstić information content (AvgIpc) is 3.50. The van der Waals surface area contributed by atoms with Crippen molar-refractivity contribution >= 4 is 29.3 Å². The molecule has 8 nitrogen and oxygen atoms in total. The van der Waals surface area contributed by atoms with Crippen molar-refractivity contribution in [3.8, 4) is 0 Å². The number of hydrogen-bond acceptors (Lipinski definition) is 5. The summed E-state index contributed by atoms with van der Waals surface area (Å²) >= 11 is 0. The molecule has 1 unspecified atom stereocenters. The molecule has 4 heterocycles. The maximum absolute atomic E-state index is 13.1. The summed E-state index contributed by atoms with van der Waals surface area (Å²) in [6, 6.07) is 21.5. The zero-order chi connectivity index (χ0) is 28.1. The molecule has 2 fully saturated rings. The minimum Gasteiger partial charge on any atom is -0.322 e. The summed E-state index contributed by atoms with van der Waals surface area (Å²) in [6.45, 7) is 3.76. The lowest BCUT2D eigenvalue weighted by Gasteiger charge is -2.32. The summed E-state index contributed by atoms with van der Waals surface area (Å²) in [4.78, 5) is 56.1. The highest BCUT2D eigenvalue weighted by Crippen LogP contribution is 2.35. The van der Waals surface area contributed by atoms with E-state index in [-0.39, 0.29) is 30.0 Å². The van der Waals surface area contributed by atoms with Gasteiger partial charge in [-0.3, -0.25) is 29.4 Å². The fourth-order valence-corrected chi connectivity index (χ4v) is 6.88. The molecule has 1 atom stereocenters. The molecule has 1 N–H and O–H groups in total. The summed E-state index contributed by atoms with van der Waals surface area (Å²) in [6.07, 6.45) is 2.67. The van der Waals surface area contributed by atoms with Gasteiger partial charge in [-0.15, -0.1) is 0 Å². The van der Waals surface area contributed by atoms with E-state index in [0.29, 0.717) is 31.0 Å². The standard InChI is InChI=1S/C33H32N4O4/c38-30-12-11-29(31(39)34-30)37-19-24-17-22(9-10-26(24)32(37)40)21-13-15-35(16-14-21)18-23-5-4-8-27-28(23)20-36(33(27)41)25-6-2-1-3-7-25/h1-10,17,21,29H,11-16,18-20H2,(H,34,38,39). The number of likely N-dealkylation sites (tertiary alicyclic amines) is 1. The number of piperidine rings is 2. The zero-order valence-corrected chi connectivity index (χ0v) is 22.8. The number of rotatable bonds is 5. The van der Waals surface area contributed by atoms with Crippen LogP contribution < -0.4 is 10.2 Å². The molecule has 0 bridgehead atoms. The first-order valence-corrected chi connectivity index (χ1v) is 14.4. The van der Waals surface area contributed by atoms with Crippen molar-refractivity contribution in [2.45, 2.75) is 57.3 Å². The number of amides is 4. The van der Waals surface area contributed by atoms with Crippen LogP contribution in [-0.4, -0.2) is 52.6 Å². The quantitative estimate of drug-likeness (QED) is 0.487. The maximum Gasteiger partial charge on any atom is 0.258 e. The largest absolute Gasteiger partial charge is 0.322 e. The monoisotopic (exact) mass is 548 g/mol. The summed E-state index contributed by atoms with van der Waals surface area (Å²) < 4.78 is 0. The van der Waals surface area contributed by atoms with Crippen molar-refractivity contribution < 1.29 is 19.2 Å². The van der Waals surface area contributed by atoms with Gasteiger partial charge in [0.25, 0.3) is 11.8 Å². The van der Waals surface area contributed by atoms with Crippen LogP contribution >= 0.6 is 0 Å². The lowest BCUT2D eigenvalue weighted by atomic mass is 9.87. The smallest absolute Gasteiger partial charge is 0.258 e. The van der Waals surface area contributed by atoms with Gasteiger partial charge >= 0.3 is 0 Å². The van der Waals surface area contributed by atoms with Crippen LogP contribution in [0.1, 0.15) is 74.6 Å². The van der Waals surface area contributed by atoms with Gasteiger partial charge in [0.1, 0.15) is 6.04 Å². The minimum atomic E-state index is -0.589. The van der Waals surface area contributed by atoms with E-state index < -0.39 is 6.04 Å². The van der Waals surface area contributed by atoms with Crippen LogP contribution in [0.5, 0.6) is 0 Å². The molecule has 4 amide bonds. The van der Waals surface area contributed by atoms with E-state index in [1.165, 1.54) is 11.1 Å². The van der Waals surface area contributed by atoms with Crippen LogP contribution in [0.3, 0.4) is 0 Å². The lowest BCUT2D eigenvalue weighted by Crippen LogP contribution is -2.52. The zero-order valence-electron chi connectivity index (χ0n) is 22.8. The molecule has 4 aliphatic heterocycles.